The van der Waals surface area contributed by atoms with E-state index in [1.54, 1.807) is 12.1 Å². The maximum atomic E-state index is 11.8. The van der Waals surface area contributed by atoms with Crippen molar-refractivity contribution in [3.05, 3.63) is 30.3 Å². The fourth-order valence-corrected chi connectivity index (χ4v) is 2.29. The van der Waals surface area contributed by atoms with Crippen LogP contribution in [0.1, 0.15) is 19.3 Å². The van der Waals surface area contributed by atoms with E-state index in [2.05, 4.69) is 10.6 Å². The van der Waals surface area contributed by atoms with Gasteiger partial charge in [-0.05, 0) is 31.4 Å². The molecule has 1 aromatic rings. The number of carbonyl (C=O) groups excluding carboxylic acids is 2. The molecule has 0 radical (unpaired) electrons. The van der Waals surface area contributed by atoms with Gasteiger partial charge >= 0.3 is 0 Å². The maximum Gasteiger partial charge on any atom is 0.243 e. The molecule has 1 aromatic carbocycles. The van der Waals surface area contributed by atoms with Crippen LogP contribution in [-0.2, 0) is 9.59 Å². The van der Waals surface area contributed by atoms with Crippen molar-refractivity contribution in [3.63, 3.8) is 0 Å². The van der Waals surface area contributed by atoms with E-state index in [0.717, 1.165) is 18.5 Å². The van der Waals surface area contributed by atoms with Gasteiger partial charge in [0.25, 0.3) is 0 Å². The quantitative estimate of drug-likeness (QED) is 0.752. The lowest BCUT2D eigenvalue weighted by molar-refractivity contribution is -0.127. The molecule has 1 aliphatic rings. The van der Waals surface area contributed by atoms with Crippen molar-refractivity contribution in [1.82, 2.24) is 5.32 Å². The van der Waals surface area contributed by atoms with E-state index in [4.69, 9.17) is 5.73 Å². The summed E-state index contributed by atoms with van der Waals surface area (Å²) in [5, 5.41) is 5.38. The van der Waals surface area contributed by atoms with Gasteiger partial charge in [-0.3, -0.25) is 9.59 Å². The van der Waals surface area contributed by atoms with Crippen molar-refractivity contribution in [2.24, 2.45) is 11.7 Å². The molecule has 1 saturated carbocycles. The molecule has 0 aromatic heterocycles. The van der Waals surface area contributed by atoms with Gasteiger partial charge in [0.2, 0.25) is 11.8 Å². The van der Waals surface area contributed by atoms with Gasteiger partial charge in [0.15, 0.2) is 0 Å². The first kappa shape index (κ1) is 13.5. The summed E-state index contributed by atoms with van der Waals surface area (Å²) in [4.78, 5) is 23.4. The summed E-state index contributed by atoms with van der Waals surface area (Å²) >= 11 is 0. The smallest absolute Gasteiger partial charge is 0.243 e. The molecule has 2 unspecified atom stereocenters. The Hall–Kier alpha value is -1.88. The van der Waals surface area contributed by atoms with Crippen LogP contribution in [0.3, 0.4) is 0 Å². The van der Waals surface area contributed by atoms with Gasteiger partial charge in [0, 0.05) is 17.6 Å². The Morgan fingerprint density at radius 1 is 1.21 bits per heavy atom. The van der Waals surface area contributed by atoms with E-state index >= 15 is 0 Å². The second-order valence-electron chi connectivity index (χ2n) is 4.90. The number of carbonyl (C=O) groups is 2. The molecule has 1 fully saturated rings. The topological polar surface area (TPSA) is 84.2 Å². The molecular formula is C14H19N3O2. The Kier molecular flexibility index (Phi) is 4.52. The molecule has 19 heavy (non-hydrogen) atoms. The minimum absolute atomic E-state index is 0.000530. The summed E-state index contributed by atoms with van der Waals surface area (Å²) in [7, 11) is 0. The lowest BCUT2D eigenvalue weighted by Crippen LogP contribution is -2.36. The highest BCUT2D eigenvalue weighted by Gasteiger charge is 2.27. The Morgan fingerprint density at radius 2 is 1.95 bits per heavy atom. The molecule has 1 aliphatic carbocycles. The molecule has 102 valence electrons. The SMILES string of the molecule is NC1CCC(C(=O)NCC(=O)Nc2ccccc2)C1. The highest BCUT2D eigenvalue weighted by atomic mass is 16.2. The molecule has 2 amide bonds. The molecule has 0 aliphatic heterocycles. The van der Waals surface area contributed by atoms with Gasteiger partial charge in [-0.2, -0.15) is 0 Å². The molecule has 0 saturated heterocycles. The first-order valence-corrected chi connectivity index (χ1v) is 6.53. The molecule has 5 heteroatoms. The van der Waals surface area contributed by atoms with Crippen molar-refractivity contribution in [2.75, 3.05) is 11.9 Å². The van der Waals surface area contributed by atoms with E-state index in [9.17, 15) is 9.59 Å². The zero-order chi connectivity index (χ0) is 13.7. The van der Waals surface area contributed by atoms with Crippen LogP contribution in [0.25, 0.3) is 0 Å². The van der Waals surface area contributed by atoms with Crippen LogP contribution in [0, 0.1) is 5.92 Å². The Morgan fingerprint density at radius 3 is 2.58 bits per heavy atom. The molecule has 5 nitrogen and oxygen atoms in total. The number of amides is 2. The van der Waals surface area contributed by atoms with Gasteiger partial charge in [-0.25, -0.2) is 0 Å². The third kappa shape index (κ3) is 4.06. The lowest BCUT2D eigenvalue weighted by atomic mass is 10.1. The minimum atomic E-state index is -0.221. The first-order chi connectivity index (χ1) is 9.15. The van der Waals surface area contributed by atoms with Crippen LogP contribution in [0.15, 0.2) is 30.3 Å². The summed E-state index contributed by atoms with van der Waals surface area (Å²) in [6.07, 6.45) is 2.41. The first-order valence-electron chi connectivity index (χ1n) is 6.53. The van der Waals surface area contributed by atoms with E-state index in [1.807, 2.05) is 18.2 Å². The number of para-hydroxylation sites is 1. The average Bonchev–Trinajstić information content (AvgIpc) is 2.84. The van der Waals surface area contributed by atoms with Crippen LogP contribution in [0.5, 0.6) is 0 Å². The second-order valence-corrected chi connectivity index (χ2v) is 4.90. The van der Waals surface area contributed by atoms with E-state index in [1.165, 1.54) is 0 Å². The fraction of sp³-hybridized carbons (Fsp3) is 0.429. The summed E-state index contributed by atoms with van der Waals surface area (Å²) < 4.78 is 0. The standard InChI is InChI=1S/C14H19N3O2/c15-11-7-6-10(8-11)14(19)16-9-13(18)17-12-4-2-1-3-5-12/h1-5,10-11H,6-9,15H2,(H,16,19)(H,17,18). The molecule has 0 spiro atoms. The van der Waals surface area contributed by atoms with Gasteiger partial charge in [-0.15, -0.1) is 0 Å². The molecule has 2 atom stereocenters. The van der Waals surface area contributed by atoms with Crippen molar-refractivity contribution in [3.8, 4) is 0 Å². The summed E-state index contributed by atoms with van der Waals surface area (Å²) in [5.41, 5.74) is 6.49. The summed E-state index contributed by atoms with van der Waals surface area (Å²) in [5.74, 6) is -0.336. The Bertz CT molecular complexity index is 447. The van der Waals surface area contributed by atoms with Gasteiger partial charge in [-0.1, -0.05) is 18.2 Å². The van der Waals surface area contributed by atoms with Gasteiger partial charge in [0.1, 0.15) is 0 Å². The fourth-order valence-electron chi connectivity index (χ4n) is 2.29. The van der Waals surface area contributed by atoms with Gasteiger partial charge < -0.3 is 16.4 Å². The lowest BCUT2D eigenvalue weighted by Gasteiger charge is -2.10. The van der Waals surface area contributed by atoms with Crippen molar-refractivity contribution in [2.45, 2.75) is 25.3 Å². The van der Waals surface area contributed by atoms with Crippen molar-refractivity contribution in [1.29, 1.82) is 0 Å². The molecule has 0 heterocycles. The number of rotatable bonds is 4. The zero-order valence-corrected chi connectivity index (χ0v) is 10.8. The van der Waals surface area contributed by atoms with Crippen LogP contribution in [-0.4, -0.2) is 24.4 Å². The molecule has 2 rings (SSSR count). The highest BCUT2D eigenvalue weighted by Crippen LogP contribution is 2.23. The highest BCUT2D eigenvalue weighted by molar-refractivity contribution is 5.94. The van der Waals surface area contributed by atoms with Crippen LogP contribution in [0.4, 0.5) is 5.69 Å². The average molecular weight is 261 g/mol. The summed E-state index contributed by atoms with van der Waals surface area (Å²) in [6, 6.07) is 9.28. The maximum absolute atomic E-state index is 11.8. The predicted octanol–water partition coefficient (Wildman–Crippen LogP) is 0.869. The molecular weight excluding hydrogens is 242 g/mol. The normalized spacial score (nSPS) is 21.9. The number of hydrogen-bond donors (Lipinski definition) is 3. The number of anilines is 1. The van der Waals surface area contributed by atoms with Gasteiger partial charge in [0.05, 0.1) is 6.54 Å². The Labute approximate surface area is 112 Å². The number of nitrogens with one attached hydrogen (secondary N) is 2. The van der Waals surface area contributed by atoms with Crippen molar-refractivity contribution >= 4 is 17.5 Å². The van der Waals surface area contributed by atoms with E-state index < -0.39 is 0 Å². The monoisotopic (exact) mass is 261 g/mol. The number of nitrogens with two attached hydrogens (primary N) is 1. The van der Waals surface area contributed by atoms with E-state index in [0.29, 0.717) is 6.42 Å². The largest absolute Gasteiger partial charge is 0.347 e. The molecule has 4 N–H and O–H groups in total. The third-order valence-corrected chi connectivity index (χ3v) is 3.32. The Balaban J connectivity index is 1.73. The minimum Gasteiger partial charge on any atom is -0.347 e. The zero-order valence-electron chi connectivity index (χ0n) is 10.8. The van der Waals surface area contributed by atoms with E-state index in [-0.39, 0.29) is 30.3 Å². The second kappa shape index (κ2) is 6.33. The molecule has 0 bridgehead atoms. The van der Waals surface area contributed by atoms with Crippen LogP contribution < -0.4 is 16.4 Å². The summed E-state index contributed by atoms with van der Waals surface area (Å²) in [6.45, 7) is -0.000530. The van der Waals surface area contributed by atoms with Crippen LogP contribution >= 0.6 is 0 Å². The number of benzene rings is 1. The van der Waals surface area contributed by atoms with Crippen LogP contribution in [0.2, 0.25) is 0 Å². The number of hydrogen-bond acceptors (Lipinski definition) is 3. The third-order valence-electron chi connectivity index (χ3n) is 3.32. The predicted molar refractivity (Wildman–Crippen MR) is 73.4 cm³/mol. The van der Waals surface area contributed by atoms with Crippen molar-refractivity contribution < 1.29 is 9.59 Å².